The Morgan fingerprint density at radius 1 is 1.20 bits per heavy atom. The summed E-state index contributed by atoms with van der Waals surface area (Å²) in [6.45, 7) is 9.03. The summed E-state index contributed by atoms with van der Waals surface area (Å²) in [6, 6.07) is 1.18. The van der Waals surface area contributed by atoms with Crippen LogP contribution in [0.15, 0.2) is 15.7 Å². The van der Waals surface area contributed by atoms with E-state index < -0.39 is 16.0 Å². The van der Waals surface area contributed by atoms with E-state index in [4.69, 9.17) is 5.11 Å². The highest BCUT2D eigenvalue weighted by Gasteiger charge is 2.35. The first kappa shape index (κ1) is 19.9. The zero-order valence-corrected chi connectivity index (χ0v) is 16.5. The quantitative estimate of drug-likeness (QED) is 0.851. The highest BCUT2D eigenvalue weighted by molar-refractivity contribution is 7.91. The maximum Gasteiger partial charge on any atom is 0.336 e. The minimum Gasteiger partial charge on any atom is -0.478 e. The Morgan fingerprint density at radius 3 is 2.20 bits per heavy atom. The Kier molecular flexibility index (Phi) is 5.60. The van der Waals surface area contributed by atoms with Gasteiger partial charge in [0.15, 0.2) is 0 Å². The number of piperazine rings is 1. The van der Waals surface area contributed by atoms with Crippen LogP contribution in [0.2, 0.25) is 0 Å². The van der Waals surface area contributed by atoms with Crippen molar-refractivity contribution in [2.45, 2.75) is 31.9 Å². The summed E-state index contributed by atoms with van der Waals surface area (Å²) in [5.41, 5.74) is -0.179. The summed E-state index contributed by atoms with van der Waals surface area (Å²) in [5.74, 6) is -1.26. The molecule has 1 atom stereocenters. The second-order valence-electron chi connectivity index (χ2n) is 7.28. The van der Waals surface area contributed by atoms with Gasteiger partial charge in [-0.25, -0.2) is 13.2 Å². The van der Waals surface area contributed by atoms with Gasteiger partial charge in [0.05, 0.1) is 5.56 Å². The average Bonchev–Trinajstić information content (AvgIpc) is 3.03. The smallest absolute Gasteiger partial charge is 0.336 e. The van der Waals surface area contributed by atoms with Crippen LogP contribution >= 0.6 is 11.3 Å². The minimum absolute atomic E-state index is 0.0211. The molecular weight excluding hydrogens is 364 g/mol. The topological polar surface area (TPSA) is 95.0 Å². The van der Waals surface area contributed by atoms with Crippen LogP contribution in [0.4, 0.5) is 0 Å². The summed E-state index contributed by atoms with van der Waals surface area (Å²) in [6.07, 6.45) is 0. The molecule has 0 radical (unpaired) electrons. The number of hydrogen-bond acceptors (Lipinski definition) is 5. The summed E-state index contributed by atoms with van der Waals surface area (Å²) >= 11 is 0.903. The van der Waals surface area contributed by atoms with Crippen molar-refractivity contribution >= 4 is 33.2 Å². The van der Waals surface area contributed by atoms with Crippen molar-refractivity contribution in [3.63, 3.8) is 0 Å². The molecular formula is C16H24N2O5S2. The summed E-state index contributed by atoms with van der Waals surface area (Å²) in [7, 11) is -3.72. The zero-order valence-electron chi connectivity index (χ0n) is 14.9. The van der Waals surface area contributed by atoms with Gasteiger partial charge in [0.1, 0.15) is 4.21 Å². The molecule has 1 fully saturated rings. The van der Waals surface area contributed by atoms with E-state index in [1.165, 1.54) is 15.8 Å². The molecule has 0 aliphatic carbocycles. The van der Waals surface area contributed by atoms with Crippen molar-refractivity contribution < 1.29 is 23.1 Å². The molecule has 1 aliphatic heterocycles. The number of aromatic carboxylic acids is 1. The monoisotopic (exact) mass is 388 g/mol. The van der Waals surface area contributed by atoms with Crippen LogP contribution in [0.3, 0.4) is 0 Å². The number of rotatable bonds is 4. The fourth-order valence-electron chi connectivity index (χ4n) is 2.48. The van der Waals surface area contributed by atoms with E-state index in [1.807, 2.05) is 27.7 Å². The van der Waals surface area contributed by atoms with Gasteiger partial charge in [-0.15, -0.1) is 11.3 Å². The summed E-state index contributed by atoms with van der Waals surface area (Å²) < 4.78 is 26.6. The maximum absolute atomic E-state index is 12.6. The van der Waals surface area contributed by atoms with Crippen LogP contribution in [-0.2, 0) is 14.8 Å². The molecule has 2 heterocycles. The Morgan fingerprint density at radius 2 is 1.76 bits per heavy atom. The van der Waals surface area contributed by atoms with E-state index in [1.54, 1.807) is 4.90 Å². The first-order valence-corrected chi connectivity index (χ1v) is 10.4. The van der Waals surface area contributed by atoms with E-state index in [-0.39, 0.29) is 40.1 Å². The van der Waals surface area contributed by atoms with E-state index in [2.05, 4.69) is 0 Å². The predicted octanol–water partition coefficient (Wildman–Crippen LogP) is 1.96. The van der Waals surface area contributed by atoms with Crippen LogP contribution in [0, 0.1) is 11.3 Å². The largest absolute Gasteiger partial charge is 0.478 e. The molecule has 0 spiro atoms. The Labute approximate surface area is 152 Å². The molecule has 140 valence electrons. The van der Waals surface area contributed by atoms with E-state index in [0.29, 0.717) is 13.1 Å². The molecule has 1 aromatic rings. The number of thiophene rings is 1. The Hall–Kier alpha value is -1.45. The third-order valence-electron chi connectivity index (χ3n) is 4.64. The third-order valence-corrected chi connectivity index (χ3v) is 7.95. The van der Waals surface area contributed by atoms with Crippen molar-refractivity contribution in [2.24, 2.45) is 11.3 Å². The summed E-state index contributed by atoms with van der Waals surface area (Å²) in [5, 5.41) is 10.3. The van der Waals surface area contributed by atoms with Gasteiger partial charge in [0.2, 0.25) is 5.91 Å². The summed E-state index contributed by atoms with van der Waals surface area (Å²) in [4.78, 5) is 25.2. The Balaban J connectivity index is 2.06. The highest BCUT2D eigenvalue weighted by Crippen LogP contribution is 2.29. The minimum atomic E-state index is -3.72. The van der Waals surface area contributed by atoms with Gasteiger partial charge in [-0.05, 0) is 11.5 Å². The number of carbonyl (C=O) groups excluding carboxylic acids is 1. The third kappa shape index (κ3) is 4.21. The number of amides is 1. The van der Waals surface area contributed by atoms with Gasteiger partial charge >= 0.3 is 5.97 Å². The zero-order chi connectivity index (χ0) is 19.0. The number of hydrogen-bond donors (Lipinski definition) is 1. The van der Waals surface area contributed by atoms with E-state index >= 15 is 0 Å². The van der Waals surface area contributed by atoms with E-state index in [9.17, 15) is 18.0 Å². The lowest BCUT2D eigenvalue weighted by molar-refractivity contribution is -0.139. The molecule has 0 bridgehead atoms. The van der Waals surface area contributed by atoms with Gasteiger partial charge < -0.3 is 10.0 Å². The number of sulfonamides is 1. The molecule has 1 aromatic heterocycles. The molecule has 1 amide bonds. The maximum atomic E-state index is 12.6. The molecule has 2 rings (SSSR count). The molecule has 1 unspecified atom stereocenters. The van der Waals surface area contributed by atoms with Crippen LogP contribution in [-0.4, -0.2) is 60.8 Å². The lowest BCUT2D eigenvalue weighted by Gasteiger charge is -2.37. The van der Waals surface area contributed by atoms with Gasteiger partial charge in [-0.3, -0.25) is 4.79 Å². The van der Waals surface area contributed by atoms with Crippen molar-refractivity contribution in [1.29, 1.82) is 0 Å². The molecule has 1 N–H and O–H groups in total. The Bertz CT molecular complexity index is 756. The molecule has 7 nitrogen and oxygen atoms in total. The standard InChI is InChI=1S/C16H24N2O5S2/c1-11(16(2,3)4)14(19)17-5-7-18(8-6-17)25(22,23)13-9-12(10-24-13)15(20)21/h9-11H,5-8H2,1-4H3,(H,20,21). The molecule has 9 heteroatoms. The lowest BCUT2D eigenvalue weighted by Crippen LogP contribution is -2.52. The molecule has 1 aliphatic rings. The van der Waals surface area contributed by atoms with Gasteiger partial charge in [0, 0.05) is 37.5 Å². The van der Waals surface area contributed by atoms with Crippen molar-refractivity contribution in [1.82, 2.24) is 9.21 Å². The van der Waals surface area contributed by atoms with Crippen molar-refractivity contribution in [3.05, 3.63) is 17.0 Å². The van der Waals surface area contributed by atoms with Crippen LogP contribution in [0.5, 0.6) is 0 Å². The van der Waals surface area contributed by atoms with Crippen molar-refractivity contribution in [3.8, 4) is 0 Å². The number of nitrogens with zero attached hydrogens (tertiary/aromatic N) is 2. The molecule has 0 aromatic carbocycles. The number of carbonyl (C=O) groups is 2. The first-order valence-electron chi connectivity index (χ1n) is 8.05. The van der Waals surface area contributed by atoms with Crippen LogP contribution < -0.4 is 0 Å². The highest BCUT2D eigenvalue weighted by atomic mass is 32.2. The fraction of sp³-hybridized carbons (Fsp3) is 0.625. The van der Waals surface area contributed by atoms with Gasteiger partial charge in [0.25, 0.3) is 10.0 Å². The number of carboxylic acid groups (broad SMARTS) is 1. The second-order valence-corrected chi connectivity index (χ2v) is 10.4. The SMILES string of the molecule is CC(C(=O)N1CCN(S(=O)(=O)c2cc(C(=O)O)cs2)CC1)C(C)(C)C. The van der Waals surface area contributed by atoms with Gasteiger partial charge in [-0.1, -0.05) is 27.7 Å². The average molecular weight is 389 g/mol. The van der Waals surface area contributed by atoms with Crippen molar-refractivity contribution in [2.75, 3.05) is 26.2 Å². The second kappa shape index (κ2) is 7.05. The predicted molar refractivity (Wildman–Crippen MR) is 95.2 cm³/mol. The normalized spacial score (nSPS) is 18.2. The van der Waals surface area contributed by atoms with Crippen LogP contribution in [0.1, 0.15) is 38.1 Å². The molecule has 1 saturated heterocycles. The molecule has 0 saturated carbocycles. The van der Waals surface area contributed by atoms with Crippen LogP contribution in [0.25, 0.3) is 0 Å². The first-order chi connectivity index (χ1) is 11.4. The lowest BCUT2D eigenvalue weighted by atomic mass is 9.81. The fourth-order valence-corrected chi connectivity index (χ4v) is 5.21. The number of carboxylic acids is 1. The molecule has 25 heavy (non-hydrogen) atoms. The van der Waals surface area contributed by atoms with Gasteiger partial charge in [-0.2, -0.15) is 4.31 Å². The van der Waals surface area contributed by atoms with E-state index in [0.717, 1.165) is 11.3 Å².